The minimum Gasteiger partial charge on any atom is -0.497 e. The van der Waals surface area contributed by atoms with Gasteiger partial charge in [-0.2, -0.15) is 0 Å². The van der Waals surface area contributed by atoms with Gasteiger partial charge in [-0.3, -0.25) is 4.79 Å². The fourth-order valence-electron chi connectivity index (χ4n) is 4.89. The largest absolute Gasteiger partial charge is 0.497 e. The van der Waals surface area contributed by atoms with Crippen molar-refractivity contribution in [2.45, 2.75) is 44.3 Å². The van der Waals surface area contributed by atoms with Crippen LogP contribution in [0.25, 0.3) is 10.9 Å². The molecular formula is C22H30N2O4. The monoisotopic (exact) mass is 386 g/mol. The minimum absolute atomic E-state index is 0.0935. The average Bonchev–Trinajstić information content (AvgIpc) is 2.98. The zero-order valence-corrected chi connectivity index (χ0v) is 17.3. The molecule has 28 heavy (non-hydrogen) atoms. The highest BCUT2D eigenvalue weighted by molar-refractivity contribution is 6.08. The van der Waals surface area contributed by atoms with Gasteiger partial charge in [0.1, 0.15) is 5.75 Å². The number of carbonyl (C=O) groups is 1. The van der Waals surface area contributed by atoms with E-state index in [1.54, 1.807) is 14.2 Å². The molecule has 0 aliphatic carbocycles. The summed E-state index contributed by atoms with van der Waals surface area (Å²) >= 11 is 0. The number of likely N-dealkylation sites (tertiary alicyclic amines) is 1. The summed E-state index contributed by atoms with van der Waals surface area (Å²) in [5, 5.41) is 0.952. The molecule has 0 saturated carbocycles. The van der Waals surface area contributed by atoms with Gasteiger partial charge in [0.15, 0.2) is 0 Å². The molecule has 1 aromatic carbocycles. The second-order valence-corrected chi connectivity index (χ2v) is 7.97. The molecule has 1 atom stereocenters. The maximum Gasteiger partial charge on any atom is 0.256 e. The Balaban J connectivity index is 1.60. The average molecular weight is 386 g/mol. The number of hydrogen-bond donors (Lipinski definition) is 0. The van der Waals surface area contributed by atoms with E-state index in [1.807, 2.05) is 37.1 Å². The number of aryl methyl sites for hydroxylation is 1. The lowest BCUT2D eigenvalue weighted by atomic mass is 9.81. The zero-order valence-electron chi connectivity index (χ0n) is 17.3. The molecule has 0 bridgehead atoms. The Hall–Kier alpha value is -2.05. The van der Waals surface area contributed by atoms with Crippen molar-refractivity contribution in [2.24, 2.45) is 7.05 Å². The molecule has 0 radical (unpaired) electrons. The van der Waals surface area contributed by atoms with E-state index in [4.69, 9.17) is 14.2 Å². The highest BCUT2D eigenvalue weighted by atomic mass is 16.5. The van der Waals surface area contributed by atoms with Crippen LogP contribution in [0.3, 0.4) is 0 Å². The van der Waals surface area contributed by atoms with Crippen molar-refractivity contribution in [1.29, 1.82) is 0 Å². The molecule has 6 nitrogen and oxygen atoms in total. The Kier molecular flexibility index (Phi) is 5.10. The Morgan fingerprint density at radius 1 is 1.25 bits per heavy atom. The standard InChI is InChI=1S/C22H30N2O4/c1-15-20(17-14-16(26-3)7-8-18(17)23(15)2)21(25)24-11-9-22(10-12-24)19(27-4)6-5-13-28-22/h7-8,14,19H,5-6,9-13H2,1-4H3. The molecule has 2 saturated heterocycles. The van der Waals surface area contributed by atoms with E-state index in [0.717, 1.165) is 60.2 Å². The summed E-state index contributed by atoms with van der Waals surface area (Å²) in [5.74, 6) is 0.860. The molecule has 3 heterocycles. The number of methoxy groups -OCH3 is 2. The van der Waals surface area contributed by atoms with Gasteiger partial charge >= 0.3 is 0 Å². The van der Waals surface area contributed by atoms with Crippen molar-refractivity contribution < 1.29 is 19.0 Å². The Labute approximate surface area is 166 Å². The summed E-state index contributed by atoms with van der Waals surface area (Å²) < 4.78 is 19.4. The first-order chi connectivity index (χ1) is 13.5. The fraction of sp³-hybridized carbons (Fsp3) is 0.591. The van der Waals surface area contributed by atoms with Crippen LogP contribution in [0, 0.1) is 6.92 Å². The van der Waals surface area contributed by atoms with Gasteiger partial charge in [0.05, 0.1) is 24.4 Å². The predicted molar refractivity (Wildman–Crippen MR) is 108 cm³/mol. The summed E-state index contributed by atoms with van der Waals surface area (Å²) in [6.45, 7) is 4.18. The van der Waals surface area contributed by atoms with Gasteiger partial charge in [0.2, 0.25) is 0 Å². The van der Waals surface area contributed by atoms with E-state index >= 15 is 0 Å². The summed E-state index contributed by atoms with van der Waals surface area (Å²) in [6.07, 6.45) is 3.85. The zero-order chi connectivity index (χ0) is 19.9. The number of benzene rings is 1. The van der Waals surface area contributed by atoms with E-state index in [1.165, 1.54) is 0 Å². The van der Waals surface area contributed by atoms with Crippen molar-refractivity contribution in [1.82, 2.24) is 9.47 Å². The van der Waals surface area contributed by atoms with Gasteiger partial charge in [-0.1, -0.05) is 0 Å². The third-order valence-electron chi connectivity index (χ3n) is 6.68. The Bertz CT molecular complexity index is 880. The third kappa shape index (κ3) is 2.99. The van der Waals surface area contributed by atoms with Crippen LogP contribution in [0.4, 0.5) is 0 Å². The van der Waals surface area contributed by atoms with E-state index in [0.29, 0.717) is 13.1 Å². The van der Waals surface area contributed by atoms with Crippen LogP contribution in [-0.4, -0.2) is 61.0 Å². The van der Waals surface area contributed by atoms with E-state index in [9.17, 15) is 4.79 Å². The van der Waals surface area contributed by atoms with Crippen LogP contribution in [0.15, 0.2) is 18.2 Å². The van der Waals surface area contributed by atoms with Crippen LogP contribution in [0.2, 0.25) is 0 Å². The number of rotatable bonds is 3. The van der Waals surface area contributed by atoms with Crippen molar-refractivity contribution >= 4 is 16.8 Å². The first-order valence-corrected chi connectivity index (χ1v) is 10.1. The number of nitrogens with zero attached hydrogens (tertiary/aromatic N) is 2. The maximum atomic E-state index is 13.5. The normalized spacial score (nSPS) is 22.0. The van der Waals surface area contributed by atoms with Gasteiger partial charge in [0.25, 0.3) is 5.91 Å². The van der Waals surface area contributed by atoms with Gasteiger partial charge in [-0.15, -0.1) is 0 Å². The van der Waals surface area contributed by atoms with Gasteiger partial charge in [0, 0.05) is 50.5 Å². The maximum absolute atomic E-state index is 13.5. The molecule has 152 valence electrons. The topological polar surface area (TPSA) is 52.9 Å². The lowest BCUT2D eigenvalue weighted by molar-refractivity contribution is -0.183. The quantitative estimate of drug-likeness (QED) is 0.812. The van der Waals surface area contributed by atoms with Crippen molar-refractivity contribution in [3.63, 3.8) is 0 Å². The lowest BCUT2D eigenvalue weighted by Crippen LogP contribution is -2.56. The number of piperidine rings is 1. The highest BCUT2D eigenvalue weighted by Crippen LogP contribution is 2.38. The van der Waals surface area contributed by atoms with Gasteiger partial charge < -0.3 is 23.7 Å². The number of ether oxygens (including phenoxy) is 3. The van der Waals surface area contributed by atoms with Crippen LogP contribution >= 0.6 is 0 Å². The summed E-state index contributed by atoms with van der Waals surface area (Å²) in [6, 6.07) is 5.92. The number of carbonyl (C=O) groups excluding carboxylic acids is 1. The smallest absolute Gasteiger partial charge is 0.256 e. The molecule has 1 unspecified atom stereocenters. The van der Waals surface area contributed by atoms with Crippen LogP contribution in [0.5, 0.6) is 5.75 Å². The van der Waals surface area contributed by atoms with Gasteiger partial charge in [-0.05, 0) is 50.8 Å². The van der Waals surface area contributed by atoms with Crippen molar-refractivity contribution in [2.75, 3.05) is 33.9 Å². The molecule has 2 aromatic rings. The Morgan fingerprint density at radius 3 is 2.68 bits per heavy atom. The third-order valence-corrected chi connectivity index (χ3v) is 6.68. The van der Waals surface area contributed by atoms with E-state index in [2.05, 4.69) is 4.57 Å². The summed E-state index contributed by atoms with van der Waals surface area (Å²) in [7, 11) is 5.43. The number of amides is 1. The number of aromatic nitrogens is 1. The van der Waals surface area contributed by atoms with Crippen LogP contribution in [0.1, 0.15) is 41.7 Å². The van der Waals surface area contributed by atoms with Crippen molar-refractivity contribution in [3.8, 4) is 5.75 Å². The Morgan fingerprint density at radius 2 is 2.00 bits per heavy atom. The SMILES string of the molecule is COc1ccc2c(c1)c(C(=O)N1CCC3(CC1)OCCCC3OC)c(C)n2C. The fourth-order valence-corrected chi connectivity index (χ4v) is 4.89. The molecule has 1 amide bonds. The second-order valence-electron chi connectivity index (χ2n) is 7.97. The molecule has 1 spiro atoms. The van der Waals surface area contributed by atoms with Gasteiger partial charge in [-0.25, -0.2) is 0 Å². The van der Waals surface area contributed by atoms with E-state index in [-0.39, 0.29) is 17.6 Å². The number of fused-ring (bicyclic) bond motifs is 1. The lowest BCUT2D eigenvalue weighted by Gasteiger charge is -2.48. The molecule has 1 aromatic heterocycles. The first-order valence-electron chi connectivity index (χ1n) is 10.1. The first kappa shape index (κ1) is 19.3. The van der Waals surface area contributed by atoms with E-state index < -0.39 is 0 Å². The second kappa shape index (κ2) is 7.41. The minimum atomic E-state index is -0.235. The van der Waals surface area contributed by atoms with Crippen LogP contribution < -0.4 is 4.74 Å². The summed E-state index contributed by atoms with van der Waals surface area (Å²) in [5.41, 5.74) is 2.57. The molecule has 4 rings (SSSR count). The molecule has 2 fully saturated rings. The molecular weight excluding hydrogens is 356 g/mol. The molecule has 2 aliphatic heterocycles. The molecule has 0 N–H and O–H groups in total. The highest BCUT2D eigenvalue weighted by Gasteiger charge is 2.45. The molecule has 2 aliphatic rings. The summed E-state index contributed by atoms with van der Waals surface area (Å²) in [4.78, 5) is 15.4. The molecule has 6 heteroatoms. The predicted octanol–water partition coefficient (Wildman–Crippen LogP) is 3.30. The van der Waals surface area contributed by atoms with Crippen molar-refractivity contribution in [3.05, 3.63) is 29.5 Å². The number of hydrogen-bond acceptors (Lipinski definition) is 4. The van der Waals surface area contributed by atoms with Crippen LogP contribution in [-0.2, 0) is 16.5 Å².